The van der Waals surface area contributed by atoms with Crippen molar-refractivity contribution in [1.29, 1.82) is 0 Å². The van der Waals surface area contributed by atoms with Gasteiger partial charge in [-0.2, -0.15) is 0 Å². The topological polar surface area (TPSA) is 41.7 Å². The summed E-state index contributed by atoms with van der Waals surface area (Å²) in [6, 6.07) is 0.810. The van der Waals surface area contributed by atoms with Gasteiger partial charge >= 0.3 is 0 Å². The summed E-state index contributed by atoms with van der Waals surface area (Å²) < 4.78 is 5.75. The molecule has 3 saturated heterocycles. The molecular formula is C15H29N3O. The number of nitrogens with two attached hydrogens (primary N) is 1. The maximum atomic E-state index is 6.13. The van der Waals surface area contributed by atoms with Crippen LogP contribution in [-0.2, 0) is 4.74 Å². The van der Waals surface area contributed by atoms with Crippen molar-refractivity contribution in [2.24, 2.45) is 11.7 Å². The summed E-state index contributed by atoms with van der Waals surface area (Å²) in [5.41, 5.74) is 6.27. The second-order valence-electron chi connectivity index (χ2n) is 6.77. The molecule has 0 saturated carbocycles. The minimum Gasteiger partial charge on any atom is -0.379 e. The largest absolute Gasteiger partial charge is 0.379 e. The van der Waals surface area contributed by atoms with Crippen molar-refractivity contribution in [3.8, 4) is 0 Å². The second kappa shape index (κ2) is 5.68. The highest BCUT2D eigenvalue weighted by molar-refractivity contribution is 4.99. The van der Waals surface area contributed by atoms with Crippen LogP contribution in [0.1, 0.15) is 32.1 Å². The predicted octanol–water partition coefficient (Wildman–Crippen LogP) is 0.910. The normalized spacial score (nSPS) is 42.0. The molecule has 4 nitrogen and oxygen atoms in total. The number of hydrogen-bond acceptors (Lipinski definition) is 4. The highest BCUT2D eigenvalue weighted by atomic mass is 16.5. The molecule has 0 bridgehead atoms. The van der Waals surface area contributed by atoms with Gasteiger partial charge in [0.1, 0.15) is 0 Å². The molecule has 3 aliphatic rings. The Bertz CT molecular complexity index is 304. The van der Waals surface area contributed by atoms with Crippen molar-refractivity contribution >= 4 is 0 Å². The van der Waals surface area contributed by atoms with Gasteiger partial charge in [-0.1, -0.05) is 0 Å². The molecule has 0 spiro atoms. The first-order chi connectivity index (χ1) is 9.25. The third-order valence-electron chi connectivity index (χ3n) is 5.70. The number of likely N-dealkylation sites (tertiary alicyclic amines) is 2. The van der Waals surface area contributed by atoms with Gasteiger partial charge in [-0.25, -0.2) is 0 Å². The molecule has 2 N–H and O–H groups in total. The lowest BCUT2D eigenvalue weighted by molar-refractivity contribution is -0.0782. The average Bonchev–Trinajstić information content (AvgIpc) is 2.48. The lowest BCUT2D eigenvalue weighted by atomic mass is 9.80. The van der Waals surface area contributed by atoms with E-state index in [9.17, 15) is 0 Å². The van der Waals surface area contributed by atoms with E-state index in [1.165, 1.54) is 51.7 Å². The van der Waals surface area contributed by atoms with E-state index in [-0.39, 0.29) is 5.54 Å². The van der Waals surface area contributed by atoms with Gasteiger partial charge in [0.05, 0.1) is 12.1 Å². The fourth-order valence-corrected chi connectivity index (χ4v) is 4.46. The van der Waals surface area contributed by atoms with Crippen LogP contribution in [0.5, 0.6) is 0 Å². The van der Waals surface area contributed by atoms with Gasteiger partial charge in [-0.3, -0.25) is 4.90 Å². The molecule has 0 radical (unpaired) electrons. The lowest BCUT2D eigenvalue weighted by Crippen LogP contribution is -2.64. The zero-order valence-corrected chi connectivity index (χ0v) is 12.3. The molecule has 3 fully saturated rings. The van der Waals surface area contributed by atoms with E-state index < -0.39 is 0 Å². The Morgan fingerprint density at radius 2 is 2.16 bits per heavy atom. The molecule has 3 unspecified atom stereocenters. The summed E-state index contributed by atoms with van der Waals surface area (Å²) in [5, 5.41) is 0. The summed E-state index contributed by atoms with van der Waals surface area (Å²) in [6.07, 6.45) is 6.45. The number of nitrogens with zero attached hydrogens (tertiary/aromatic N) is 2. The Morgan fingerprint density at radius 3 is 2.89 bits per heavy atom. The fraction of sp³-hybridized carbons (Fsp3) is 1.00. The molecule has 0 aromatic heterocycles. The molecule has 0 aromatic rings. The molecule has 3 atom stereocenters. The van der Waals surface area contributed by atoms with Gasteiger partial charge in [0.15, 0.2) is 0 Å². The Balaban J connectivity index is 1.69. The van der Waals surface area contributed by atoms with Crippen molar-refractivity contribution in [3.05, 3.63) is 0 Å². The van der Waals surface area contributed by atoms with Gasteiger partial charge in [-0.05, 0) is 51.6 Å². The molecule has 0 aliphatic carbocycles. The zero-order valence-electron chi connectivity index (χ0n) is 12.3. The van der Waals surface area contributed by atoms with E-state index in [4.69, 9.17) is 10.5 Å². The first-order valence-corrected chi connectivity index (χ1v) is 7.98. The van der Waals surface area contributed by atoms with Crippen LogP contribution >= 0.6 is 0 Å². The SMILES string of the molecule is CN1CCCC2CN(C3(CN)CCCOC3)CCC21. The van der Waals surface area contributed by atoms with Gasteiger partial charge in [0.2, 0.25) is 0 Å². The zero-order chi connectivity index (χ0) is 13.3. The van der Waals surface area contributed by atoms with Crippen LogP contribution in [0, 0.1) is 5.92 Å². The number of fused-ring (bicyclic) bond motifs is 1. The van der Waals surface area contributed by atoms with Crippen molar-refractivity contribution in [3.63, 3.8) is 0 Å². The van der Waals surface area contributed by atoms with Crippen LogP contribution in [0.2, 0.25) is 0 Å². The molecule has 110 valence electrons. The maximum absolute atomic E-state index is 6.13. The lowest BCUT2D eigenvalue weighted by Gasteiger charge is -2.53. The number of rotatable bonds is 2. The van der Waals surface area contributed by atoms with Gasteiger partial charge < -0.3 is 15.4 Å². The van der Waals surface area contributed by atoms with E-state index in [1.807, 2.05) is 0 Å². The summed E-state index contributed by atoms with van der Waals surface area (Å²) in [6.45, 7) is 6.23. The minimum absolute atomic E-state index is 0.138. The Morgan fingerprint density at radius 1 is 1.26 bits per heavy atom. The Labute approximate surface area is 117 Å². The molecular weight excluding hydrogens is 238 g/mol. The molecule has 3 aliphatic heterocycles. The van der Waals surface area contributed by atoms with E-state index in [2.05, 4.69) is 16.8 Å². The quantitative estimate of drug-likeness (QED) is 0.807. The van der Waals surface area contributed by atoms with Crippen molar-refractivity contribution in [2.45, 2.75) is 43.7 Å². The third kappa shape index (κ3) is 2.56. The average molecular weight is 267 g/mol. The summed E-state index contributed by atoms with van der Waals surface area (Å²) in [7, 11) is 2.30. The van der Waals surface area contributed by atoms with Gasteiger partial charge in [0, 0.05) is 32.3 Å². The highest BCUT2D eigenvalue weighted by Gasteiger charge is 2.43. The van der Waals surface area contributed by atoms with Gasteiger partial charge in [0.25, 0.3) is 0 Å². The van der Waals surface area contributed by atoms with Crippen LogP contribution < -0.4 is 5.73 Å². The predicted molar refractivity (Wildman–Crippen MR) is 77.2 cm³/mol. The standard InChI is InChI=1S/C15H29N3O/c1-17-7-2-4-13-10-18(8-5-14(13)17)15(11-16)6-3-9-19-12-15/h13-14H,2-12,16H2,1H3. The molecule has 4 heteroatoms. The second-order valence-corrected chi connectivity index (χ2v) is 6.77. The minimum atomic E-state index is 0.138. The summed E-state index contributed by atoms with van der Waals surface area (Å²) >= 11 is 0. The molecule has 0 aromatic carbocycles. The van der Waals surface area contributed by atoms with Crippen molar-refractivity contribution in [2.75, 3.05) is 46.4 Å². The molecule has 0 amide bonds. The van der Waals surface area contributed by atoms with Crippen LogP contribution in [0.25, 0.3) is 0 Å². The molecule has 3 heterocycles. The molecule has 3 rings (SSSR count). The highest BCUT2D eigenvalue weighted by Crippen LogP contribution is 2.35. The first-order valence-electron chi connectivity index (χ1n) is 7.98. The monoisotopic (exact) mass is 267 g/mol. The van der Waals surface area contributed by atoms with Gasteiger partial charge in [-0.15, -0.1) is 0 Å². The third-order valence-corrected chi connectivity index (χ3v) is 5.70. The Hall–Kier alpha value is -0.160. The smallest absolute Gasteiger partial charge is 0.0662 e. The van der Waals surface area contributed by atoms with Crippen LogP contribution in [0.4, 0.5) is 0 Å². The van der Waals surface area contributed by atoms with E-state index in [1.54, 1.807) is 0 Å². The van der Waals surface area contributed by atoms with E-state index >= 15 is 0 Å². The number of piperidine rings is 2. The summed E-state index contributed by atoms with van der Waals surface area (Å²) in [5.74, 6) is 0.845. The van der Waals surface area contributed by atoms with Crippen molar-refractivity contribution in [1.82, 2.24) is 9.80 Å². The summed E-state index contributed by atoms with van der Waals surface area (Å²) in [4.78, 5) is 5.25. The van der Waals surface area contributed by atoms with Crippen LogP contribution in [0.3, 0.4) is 0 Å². The van der Waals surface area contributed by atoms with Crippen LogP contribution in [0.15, 0.2) is 0 Å². The number of ether oxygens (including phenoxy) is 1. The van der Waals surface area contributed by atoms with Crippen LogP contribution in [-0.4, -0.2) is 67.8 Å². The number of hydrogen-bond donors (Lipinski definition) is 1. The van der Waals surface area contributed by atoms with E-state index in [0.29, 0.717) is 0 Å². The Kier molecular flexibility index (Phi) is 4.13. The molecule has 19 heavy (non-hydrogen) atoms. The fourth-order valence-electron chi connectivity index (χ4n) is 4.46. The first kappa shape index (κ1) is 13.8. The maximum Gasteiger partial charge on any atom is 0.0662 e. The van der Waals surface area contributed by atoms with E-state index in [0.717, 1.165) is 31.7 Å². The van der Waals surface area contributed by atoms with Crippen molar-refractivity contribution < 1.29 is 4.74 Å².